The number of rotatable bonds is 5. The number of aromatic carboxylic acids is 1. The van der Waals surface area contributed by atoms with Crippen LogP contribution in [0, 0.1) is 0 Å². The van der Waals surface area contributed by atoms with Gasteiger partial charge in [0, 0.05) is 12.0 Å². The van der Waals surface area contributed by atoms with Crippen LogP contribution < -0.4 is 9.47 Å². The number of fused-ring (bicyclic) bond motifs is 1. The van der Waals surface area contributed by atoms with Crippen LogP contribution in [-0.2, 0) is 0 Å². The van der Waals surface area contributed by atoms with Crippen molar-refractivity contribution in [2.75, 3.05) is 14.2 Å². The lowest BCUT2D eigenvalue weighted by atomic mass is 10.2. The van der Waals surface area contributed by atoms with Crippen molar-refractivity contribution in [1.29, 1.82) is 0 Å². The summed E-state index contributed by atoms with van der Waals surface area (Å²) in [7, 11) is 3.19. The first-order valence-corrected chi connectivity index (χ1v) is 7.94. The molecule has 3 aromatic rings. The number of hydrogen-bond donors (Lipinski definition) is 1. The topological polar surface area (TPSA) is 73.6 Å². The molecule has 0 saturated heterocycles. The number of carbonyl (C=O) groups is 1. The zero-order valence-electron chi connectivity index (χ0n) is 14.6. The lowest BCUT2D eigenvalue weighted by molar-refractivity contribution is 0.0697. The number of carboxylic acid groups (broad SMARTS) is 1. The van der Waals surface area contributed by atoms with Gasteiger partial charge >= 0.3 is 5.97 Å². The molecule has 0 amide bonds. The van der Waals surface area contributed by atoms with Gasteiger partial charge < -0.3 is 14.6 Å². The molecule has 0 spiro atoms. The van der Waals surface area contributed by atoms with Gasteiger partial charge in [-0.15, -0.1) is 0 Å². The zero-order valence-corrected chi connectivity index (χ0v) is 14.6. The van der Waals surface area contributed by atoms with E-state index in [1.54, 1.807) is 32.4 Å². The molecule has 130 valence electrons. The minimum Gasteiger partial charge on any atom is -0.493 e. The minimum atomic E-state index is -0.964. The van der Waals surface area contributed by atoms with Crippen molar-refractivity contribution in [3.63, 3.8) is 0 Å². The van der Waals surface area contributed by atoms with E-state index in [0.29, 0.717) is 17.0 Å². The minimum absolute atomic E-state index is 0.161. The summed E-state index contributed by atoms with van der Waals surface area (Å²) in [6.45, 7) is 4.10. The molecule has 0 aliphatic rings. The fourth-order valence-electron chi connectivity index (χ4n) is 2.85. The van der Waals surface area contributed by atoms with Crippen molar-refractivity contribution < 1.29 is 19.4 Å². The van der Waals surface area contributed by atoms with Crippen molar-refractivity contribution in [1.82, 2.24) is 9.55 Å². The quantitative estimate of drug-likeness (QED) is 0.763. The Morgan fingerprint density at radius 3 is 2.40 bits per heavy atom. The Hall–Kier alpha value is -3.02. The Kier molecular flexibility index (Phi) is 4.35. The molecular weight excluding hydrogens is 320 g/mol. The first kappa shape index (κ1) is 16.8. The first-order valence-electron chi connectivity index (χ1n) is 7.94. The number of aromatic nitrogens is 2. The third-order valence-electron chi connectivity index (χ3n) is 4.07. The van der Waals surface area contributed by atoms with E-state index in [2.05, 4.69) is 18.8 Å². The summed E-state index contributed by atoms with van der Waals surface area (Å²) >= 11 is 0. The largest absolute Gasteiger partial charge is 0.493 e. The highest BCUT2D eigenvalue weighted by atomic mass is 16.5. The molecule has 1 N–H and O–H groups in total. The highest BCUT2D eigenvalue weighted by molar-refractivity contribution is 5.93. The van der Waals surface area contributed by atoms with Crippen LogP contribution in [0.4, 0.5) is 0 Å². The molecule has 1 heterocycles. The maximum Gasteiger partial charge on any atom is 0.335 e. The van der Waals surface area contributed by atoms with Crippen LogP contribution in [0.15, 0.2) is 36.4 Å². The van der Waals surface area contributed by atoms with Gasteiger partial charge in [0.15, 0.2) is 11.5 Å². The molecule has 0 aliphatic carbocycles. The molecule has 3 rings (SSSR count). The number of methoxy groups -OCH3 is 2. The van der Waals surface area contributed by atoms with E-state index >= 15 is 0 Å². The van der Waals surface area contributed by atoms with E-state index in [1.807, 2.05) is 22.8 Å². The number of nitrogens with zero attached hydrogens (tertiary/aromatic N) is 2. The van der Waals surface area contributed by atoms with Crippen molar-refractivity contribution >= 4 is 17.0 Å². The fraction of sp³-hybridized carbons (Fsp3) is 0.263. The Labute approximate surface area is 145 Å². The van der Waals surface area contributed by atoms with Crippen LogP contribution >= 0.6 is 0 Å². The normalized spacial score (nSPS) is 11.1. The van der Waals surface area contributed by atoms with Crippen molar-refractivity contribution in [2.45, 2.75) is 19.8 Å². The van der Waals surface area contributed by atoms with Crippen LogP contribution in [0.25, 0.3) is 16.7 Å². The van der Waals surface area contributed by atoms with E-state index in [1.165, 1.54) is 0 Å². The lowest BCUT2D eigenvalue weighted by Gasteiger charge is -2.14. The molecular formula is C19H20N2O4. The van der Waals surface area contributed by atoms with Gasteiger partial charge in [-0.1, -0.05) is 13.8 Å². The molecule has 0 radical (unpaired) electrons. The van der Waals surface area contributed by atoms with Gasteiger partial charge in [0.1, 0.15) is 5.82 Å². The lowest BCUT2D eigenvalue weighted by Crippen LogP contribution is -2.04. The summed E-state index contributed by atoms with van der Waals surface area (Å²) in [6, 6.07) is 10.6. The van der Waals surface area contributed by atoms with Crippen LogP contribution in [-0.4, -0.2) is 34.8 Å². The standard InChI is InChI=1S/C19H20N2O4/c1-11(2)18-20-14-9-12(19(22)23)5-7-15(14)21(18)13-6-8-16(24-3)17(10-13)25-4/h5-11H,1-4H3,(H,22,23). The van der Waals surface area contributed by atoms with Gasteiger partial charge in [0.25, 0.3) is 0 Å². The summed E-state index contributed by atoms with van der Waals surface area (Å²) in [4.78, 5) is 15.9. The van der Waals surface area contributed by atoms with Crippen molar-refractivity contribution in [2.24, 2.45) is 0 Å². The van der Waals surface area contributed by atoms with Crippen LogP contribution in [0.3, 0.4) is 0 Å². The fourth-order valence-corrected chi connectivity index (χ4v) is 2.85. The first-order chi connectivity index (χ1) is 12.0. The molecule has 0 atom stereocenters. The van der Waals surface area contributed by atoms with Crippen LogP contribution in [0.2, 0.25) is 0 Å². The third kappa shape index (κ3) is 2.91. The molecule has 0 unspecified atom stereocenters. The summed E-state index contributed by atoms with van der Waals surface area (Å²) in [5.41, 5.74) is 2.60. The van der Waals surface area contributed by atoms with E-state index in [9.17, 15) is 9.90 Å². The van der Waals surface area contributed by atoms with Gasteiger partial charge in [-0.25, -0.2) is 9.78 Å². The molecule has 6 heteroatoms. The third-order valence-corrected chi connectivity index (χ3v) is 4.07. The highest BCUT2D eigenvalue weighted by Gasteiger charge is 2.18. The number of hydrogen-bond acceptors (Lipinski definition) is 4. The Morgan fingerprint density at radius 1 is 1.08 bits per heavy atom. The summed E-state index contributed by atoms with van der Waals surface area (Å²) in [5.74, 6) is 1.32. The predicted octanol–water partition coefficient (Wildman–Crippen LogP) is 3.86. The van der Waals surface area contributed by atoms with Gasteiger partial charge in [-0.2, -0.15) is 0 Å². The van der Waals surface area contributed by atoms with Crippen LogP contribution in [0.5, 0.6) is 11.5 Å². The van der Waals surface area contributed by atoms with Gasteiger partial charge in [-0.05, 0) is 30.3 Å². The van der Waals surface area contributed by atoms with Crippen LogP contribution in [0.1, 0.15) is 35.9 Å². The second-order valence-corrected chi connectivity index (χ2v) is 6.01. The second-order valence-electron chi connectivity index (χ2n) is 6.01. The van der Waals surface area contributed by atoms with E-state index in [-0.39, 0.29) is 11.5 Å². The monoisotopic (exact) mass is 340 g/mol. The molecule has 0 aliphatic heterocycles. The van der Waals surface area contributed by atoms with E-state index < -0.39 is 5.97 Å². The predicted molar refractivity (Wildman–Crippen MR) is 95.2 cm³/mol. The average Bonchev–Trinajstić information content (AvgIpc) is 2.99. The van der Waals surface area contributed by atoms with Crippen molar-refractivity contribution in [3.05, 3.63) is 47.8 Å². The summed E-state index contributed by atoms with van der Waals surface area (Å²) < 4.78 is 12.7. The second kappa shape index (κ2) is 6.47. The Morgan fingerprint density at radius 2 is 1.80 bits per heavy atom. The zero-order chi connectivity index (χ0) is 18.1. The van der Waals surface area contributed by atoms with Crippen molar-refractivity contribution in [3.8, 4) is 17.2 Å². The number of imidazole rings is 1. The molecule has 1 aromatic heterocycles. The average molecular weight is 340 g/mol. The van der Waals surface area contributed by atoms with Gasteiger partial charge in [0.2, 0.25) is 0 Å². The SMILES string of the molecule is COc1ccc(-n2c(C(C)C)nc3cc(C(=O)O)ccc32)cc1OC. The number of benzene rings is 2. The maximum atomic E-state index is 11.2. The maximum absolute atomic E-state index is 11.2. The van der Waals surface area contributed by atoms with E-state index in [0.717, 1.165) is 17.0 Å². The number of ether oxygens (including phenoxy) is 2. The highest BCUT2D eigenvalue weighted by Crippen LogP contribution is 2.33. The molecule has 6 nitrogen and oxygen atoms in total. The van der Waals surface area contributed by atoms with Gasteiger partial charge in [-0.3, -0.25) is 4.57 Å². The molecule has 0 fully saturated rings. The molecule has 25 heavy (non-hydrogen) atoms. The summed E-state index contributed by atoms with van der Waals surface area (Å²) in [5, 5.41) is 9.21. The number of carboxylic acids is 1. The summed E-state index contributed by atoms with van der Waals surface area (Å²) in [6.07, 6.45) is 0. The smallest absolute Gasteiger partial charge is 0.335 e. The molecule has 0 saturated carbocycles. The molecule has 2 aromatic carbocycles. The van der Waals surface area contributed by atoms with Gasteiger partial charge in [0.05, 0.1) is 36.5 Å². The van der Waals surface area contributed by atoms with E-state index in [4.69, 9.17) is 9.47 Å². The Balaban J connectivity index is 2.27. The Bertz CT molecular complexity index is 944. The molecule has 0 bridgehead atoms.